The zero-order valence-electron chi connectivity index (χ0n) is 18.6. The zero-order chi connectivity index (χ0) is 22.8. The molecule has 3 aromatic rings. The lowest BCUT2D eigenvalue weighted by atomic mass is 9.91. The van der Waals surface area contributed by atoms with Gasteiger partial charge >= 0.3 is 0 Å². The minimum absolute atomic E-state index is 0.0366. The number of rotatable bonds is 5. The molecule has 2 aromatic heterocycles. The van der Waals surface area contributed by atoms with Crippen LogP contribution < -0.4 is 5.32 Å². The van der Waals surface area contributed by atoms with Crippen molar-refractivity contribution in [3.63, 3.8) is 0 Å². The molecule has 0 bridgehead atoms. The molecule has 4 heterocycles. The molecule has 1 unspecified atom stereocenters. The summed E-state index contributed by atoms with van der Waals surface area (Å²) in [6, 6.07) is 9.07. The van der Waals surface area contributed by atoms with Crippen LogP contribution in [0.3, 0.4) is 0 Å². The second kappa shape index (κ2) is 8.78. The largest absolute Gasteiger partial charge is 0.365 e. The summed E-state index contributed by atoms with van der Waals surface area (Å²) in [6.07, 6.45) is 5.35. The van der Waals surface area contributed by atoms with Gasteiger partial charge in [-0.25, -0.2) is 4.68 Å². The van der Waals surface area contributed by atoms with Crippen LogP contribution in [0.15, 0.2) is 42.7 Å². The number of nitrogens with zero attached hydrogens (tertiary/aromatic N) is 6. The molecular weight excluding hydrogens is 422 g/mol. The van der Waals surface area contributed by atoms with E-state index < -0.39 is 5.60 Å². The molecule has 10 nitrogen and oxygen atoms in total. The number of carbonyl (C=O) groups excluding carboxylic acids is 2. The van der Waals surface area contributed by atoms with E-state index in [9.17, 15) is 9.59 Å². The number of amides is 2. The summed E-state index contributed by atoms with van der Waals surface area (Å²) in [6.45, 7) is 4.58. The number of piperidine rings is 1. The SMILES string of the molecule is Cc1cnn(CC(=O)N2CCCC3(C2)Cn2nnc(CNC(=O)c4ccccc4)c2CO3)c1. The summed E-state index contributed by atoms with van der Waals surface area (Å²) in [5, 5.41) is 15.7. The molecule has 33 heavy (non-hydrogen) atoms. The number of benzene rings is 1. The Bertz CT molecular complexity index is 1160. The highest BCUT2D eigenvalue weighted by Crippen LogP contribution is 2.32. The Kier molecular flexibility index (Phi) is 5.67. The molecule has 5 rings (SSSR count). The van der Waals surface area contributed by atoms with E-state index in [4.69, 9.17) is 4.74 Å². The Morgan fingerprint density at radius 2 is 2.06 bits per heavy atom. The van der Waals surface area contributed by atoms with Crippen molar-refractivity contribution in [3.05, 3.63) is 65.2 Å². The number of hydrogen-bond donors (Lipinski definition) is 1. The Morgan fingerprint density at radius 3 is 2.85 bits per heavy atom. The molecule has 0 aliphatic carbocycles. The van der Waals surface area contributed by atoms with Crippen molar-refractivity contribution >= 4 is 11.8 Å². The van der Waals surface area contributed by atoms with Gasteiger partial charge in [0.2, 0.25) is 5.91 Å². The van der Waals surface area contributed by atoms with Crippen LogP contribution in [0, 0.1) is 6.92 Å². The number of aryl methyl sites for hydroxylation is 1. The van der Waals surface area contributed by atoms with E-state index in [1.165, 1.54) is 0 Å². The summed E-state index contributed by atoms with van der Waals surface area (Å²) < 4.78 is 9.86. The van der Waals surface area contributed by atoms with Gasteiger partial charge in [-0.1, -0.05) is 23.4 Å². The van der Waals surface area contributed by atoms with E-state index in [0.29, 0.717) is 37.5 Å². The molecule has 1 N–H and O–H groups in total. The summed E-state index contributed by atoms with van der Waals surface area (Å²) >= 11 is 0. The average Bonchev–Trinajstić information content (AvgIpc) is 3.43. The Morgan fingerprint density at radius 1 is 1.21 bits per heavy atom. The van der Waals surface area contributed by atoms with Gasteiger partial charge in [0.05, 0.1) is 38.1 Å². The number of fused-ring (bicyclic) bond motifs is 1. The second-order valence-corrected chi connectivity index (χ2v) is 8.79. The fourth-order valence-electron chi connectivity index (χ4n) is 4.54. The van der Waals surface area contributed by atoms with E-state index in [1.54, 1.807) is 23.0 Å². The van der Waals surface area contributed by atoms with Crippen LogP contribution in [0.25, 0.3) is 0 Å². The quantitative estimate of drug-likeness (QED) is 0.629. The van der Waals surface area contributed by atoms with Gasteiger partial charge in [-0.3, -0.25) is 14.3 Å². The third-order valence-corrected chi connectivity index (χ3v) is 6.28. The van der Waals surface area contributed by atoms with E-state index in [-0.39, 0.29) is 24.9 Å². The first-order valence-corrected chi connectivity index (χ1v) is 11.2. The molecule has 2 amide bonds. The Hall–Kier alpha value is -3.53. The lowest BCUT2D eigenvalue weighted by Gasteiger charge is -2.44. The van der Waals surface area contributed by atoms with Crippen molar-refractivity contribution in [2.75, 3.05) is 13.1 Å². The highest BCUT2D eigenvalue weighted by molar-refractivity contribution is 5.94. The van der Waals surface area contributed by atoms with Crippen LogP contribution >= 0.6 is 0 Å². The summed E-state index contributed by atoms with van der Waals surface area (Å²) in [7, 11) is 0. The summed E-state index contributed by atoms with van der Waals surface area (Å²) in [4.78, 5) is 27.1. The maximum atomic E-state index is 12.9. The number of aromatic nitrogens is 5. The minimum Gasteiger partial charge on any atom is -0.365 e. The molecule has 1 atom stereocenters. The van der Waals surface area contributed by atoms with E-state index in [1.807, 2.05) is 40.9 Å². The molecule has 10 heteroatoms. The summed E-state index contributed by atoms with van der Waals surface area (Å²) in [5.41, 5.74) is 2.73. The molecule has 1 saturated heterocycles. The third kappa shape index (κ3) is 4.51. The second-order valence-electron chi connectivity index (χ2n) is 8.79. The van der Waals surface area contributed by atoms with Crippen molar-refractivity contribution in [2.24, 2.45) is 0 Å². The van der Waals surface area contributed by atoms with E-state index in [0.717, 1.165) is 24.1 Å². The van der Waals surface area contributed by atoms with Crippen LogP contribution in [0.4, 0.5) is 0 Å². The Labute approximate surface area is 191 Å². The zero-order valence-corrected chi connectivity index (χ0v) is 18.6. The van der Waals surface area contributed by atoms with Crippen LogP contribution in [0.2, 0.25) is 0 Å². The standard InChI is InChI=1S/C23H27N7O3/c1-17-10-25-29(12-17)13-21(31)28-9-5-8-23(15-28)16-30-20(14-33-23)19(26-27-30)11-24-22(32)18-6-3-2-4-7-18/h2-4,6-7,10,12H,5,8-9,11,13-16H2,1H3,(H,24,32). The van der Waals surface area contributed by atoms with Gasteiger partial charge in [0, 0.05) is 18.3 Å². The molecule has 2 aliphatic rings. The molecule has 1 spiro atoms. The minimum atomic E-state index is -0.473. The highest BCUT2D eigenvalue weighted by Gasteiger charge is 2.42. The van der Waals surface area contributed by atoms with Gasteiger partial charge in [0.25, 0.3) is 5.91 Å². The van der Waals surface area contributed by atoms with Crippen LogP contribution in [0.1, 0.15) is 40.2 Å². The molecular formula is C23H27N7O3. The first-order valence-electron chi connectivity index (χ1n) is 11.2. The van der Waals surface area contributed by atoms with E-state index in [2.05, 4.69) is 20.7 Å². The van der Waals surface area contributed by atoms with Gasteiger partial charge in [0.15, 0.2) is 0 Å². The summed E-state index contributed by atoms with van der Waals surface area (Å²) in [5.74, 6) is -0.117. The smallest absolute Gasteiger partial charge is 0.251 e. The third-order valence-electron chi connectivity index (χ3n) is 6.28. The molecule has 172 valence electrons. The number of ether oxygens (including phenoxy) is 1. The van der Waals surface area contributed by atoms with Gasteiger partial charge in [-0.2, -0.15) is 5.10 Å². The topological polar surface area (TPSA) is 107 Å². The number of likely N-dealkylation sites (tertiary alicyclic amines) is 1. The average molecular weight is 450 g/mol. The molecule has 1 fully saturated rings. The van der Waals surface area contributed by atoms with Crippen molar-refractivity contribution < 1.29 is 14.3 Å². The highest BCUT2D eigenvalue weighted by atomic mass is 16.5. The first kappa shape index (κ1) is 21.3. The molecule has 2 aliphatic heterocycles. The molecule has 0 radical (unpaired) electrons. The number of hydrogen-bond acceptors (Lipinski definition) is 6. The normalized spacial score (nSPS) is 20.0. The predicted molar refractivity (Wildman–Crippen MR) is 118 cm³/mol. The van der Waals surface area contributed by atoms with Crippen molar-refractivity contribution in [3.8, 4) is 0 Å². The van der Waals surface area contributed by atoms with Gasteiger partial charge in [0.1, 0.15) is 17.8 Å². The number of carbonyl (C=O) groups is 2. The fourth-order valence-corrected chi connectivity index (χ4v) is 4.54. The van der Waals surface area contributed by atoms with Crippen molar-refractivity contribution in [2.45, 2.75) is 51.6 Å². The van der Waals surface area contributed by atoms with Gasteiger partial charge in [-0.15, -0.1) is 5.10 Å². The Balaban J connectivity index is 1.22. The van der Waals surface area contributed by atoms with Crippen molar-refractivity contribution in [1.82, 2.24) is 35.0 Å². The van der Waals surface area contributed by atoms with Gasteiger partial charge in [-0.05, 0) is 37.5 Å². The maximum absolute atomic E-state index is 12.9. The maximum Gasteiger partial charge on any atom is 0.251 e. The lowest BCUT2D eigenvalue weighted by molar-refractivity contribution is -0.153. The predicted octanol–water partition coefficient (Wildman–Crippen LogP) is 1.30. The van der Waals surface area contributed by atoms with Crippen LogP contribution in [-0.4, -0.2) is 60.2 Å². The fraction of sp³-hybridized carbons (Fsp3) is 0.435. The van der Waals surface area contributed by atoms with Crippen molar-refractivity contribution in [1.29, 1.82) is 0 Å². The van der Waals surface area contributed by atoms with E-state index >= 15 is 0 Å². The van der Waals surface area contributed by atoms with Crippen LogP contribution in [-0.2, 0) is 35.8 Å². The molecule has 1 aromatic carbocycles. The monoisotopic (exact) mass is 449 g/mol. The first-order chi connectivity index (χ1) is 16.0. The lowest BCUT2D eigenvalue weighted by Crippen LogP contribution is -2.56. The van der Waals surface area contributed by atoms with Crippen LogP contribution in [0.5, 0.6) is 0 Å². The molecule has 0 saturated carbocycles. The van der Waals surface area contributed by atoms with Gasteiger partial charge < -0.3 is 15.0 Å². The number of nitrogens with one attached hydrogen (secondary N) is 1.